The molecule has 2 aromatic heterocycles. The number of aryl methyl sites for hydroxylation is 1. The number of halogens is 5. The van der Waals surface area contributed by atoms with Crippen LogP contribution in [0.25, 0.3) is 28.0 Å². The van der Waals surface area contributed by atoms with Crippen molar-refractivity contribution in [3.05, 3.63) is 81.7 Å². The zero-order valence-electron chi connectivity index (χ0n) is 23.6. The molecule has 0 radical (unpaired) electrons. The fraction of sp³-hybridized carbons (Fsp3) is 0.367. The Labute approximate surface area is 245 Å². The predicted molar refractivity (Wildman–Crippen MR) is 157 cm³/mol. The summed E-state index contributed by atoms with van der Waals surface area (Å²) >= 11 is 0. The Bertz CT molecular complexity index is 1620. The molecule has 13 heteroatoms. The summed E-state index contributed by atoms with van der Waals surface area (Å²) < 4.78 is 70.3. The van der Waals surface area contributed by atoms with Gasteiger partial charge < -0.3 is 21.8 Å². The van der Waals surface area contributed by atoms with Crippen LogP contribution in [0.15, 0.2) is 58.4 Å². The summed E-state index contributed by atoms with van der Waals surface area (Å²) in [6, 6.07) is 10.1. The van der Waals surface area contributed by atoms with Gasteiger partial charge in [0.15, 0.2) is 0 Å². The van der Waals surface area contributed by atoms with Gasteiger partial charge in [0, 0.05) is 36.3 Å². The molecule has 0 spiro atoms. The van der Waals surface area contributed by atoms with Gasteiger partial charge in [-0.05, 0) is 80.6 Å². The Morgan fingerprint density at radius 3 is 2.56 bits per heavy atom. The van der Waals surface area contributed by atoms with E-state index in [2.05, 4.69) is 20.3 Å². The van der Waals surface area contributed by atoms with Crippen molar-refractivity contribution in [1.82, 2.24) is 19.9 Å². The van der Waals surface area contributed by atoms with E-state index in [1.807, 2.05) is 12.1 Å². The Kier molecular flexibility index (Phi) is 10.3. The van der Waals surface area contributed by atoms with Crippen LogP contribution < -0.4 is 22.5 Å². The first-order valence-electron chi connectivity index (χ1n) is 13.9. The van der Waals surface area contributed by atoms with E-state index in [9.17, 15) is 22.4 Å². The molecule has 8 nitrogen and oxygen atoms in total. The summed E-state index contributed by atoms with van der Waals surface area (Å²) in [5.74, 6) is -0.889. The van der Waals surface area contributed by atoms with Gasteiger partial charge in [-0.2, -0.15) is 18.2 Å². The van der Waals surface area contributed by atoms with E-state index in [0.29, 0.717) is 36.4 Å². The fourth-order valence-corrected chi connectivity index (χ4v) is 4.67. The van der Waals surface area contributed by atoms with Gasteiger partial charge in [-0.3, -0.25) is 9.56 Å². The van der Waals surface area contributed by atoms with Crippen molar-refractivity contribution in [1.29, 1.82) is 0 Å². The number of nitrogens with one attached hydrogen (secondary N) is 2. The average Bonchev–Trinajstić information content (AvgIpc) is 3.37. The summed E-state index contributed by atoms with van der Waals surface area (Å²) in [6.45, 7) is 3.03. The third-order valence-corrected chi connectivity index (χ3v) is 6.89. The van der Waals surface area contributed by atoms with E-state index >= 15 is 4.39 Å². The quantitative estimate of drug-likeness (QED) is 0.0739. The topological polar surface area (TPSA) is 127 Å². The second kappa shape index (κ2) is 13.9. The van der Waals surface area contributed by atoms with E-state index < -0.39 is 36.0 Å². The average molecular weight is 604 g/mol. The number of rotatable bonds is 13. The van der Waals surface area contributed by atoms with Gasteiger partial charge in [0.1, 0.15) is 18.1 Å². The number of amidine groups is 1. The minimum atomic E-state index is -4.93. The predicted octanol–water partition coefficient (Wildman–Crippen LogP) is 5.02. The molecular formula is C30H34F5N7O. The molecule has 1 atom stereocenters. The van der Waals surface area contributed by atoms with Crippen molar-refractivity contribution in [3.8, 4) is 16.9 Å². The highest BCUT2D eigenvalue weighted by Crippen LogP contribution is 2.37. The van der Waals surface area contributed by atoms with Crippen LogP contribution >= 0.6 is 0 Å². The lowest BCUT2D eigenvalue weighted by molar-refractivity contribution is -0.140. The molecule has 0 fully saturated rings. The maximum atomic E-state index is 15.2. The lowest BCUT2D eigenvalue weighted by Gasteiger charge is -2.14. The third-order valence-electron chi connectivity index (χ3n) is 6.89. The zero-order chi connectivity index (χ0) is 31.1. The smallest absolute Gasteiger partial charge is 0.388 e. The summed E-state index contributed by atoms with van der Waals surface area (Å²) in [4.78, 5) is 23.8. The Morgan fingerprint density at radius 1 is 1.14 bits per heavy atom. The first kappa shape index (κ1) is 31.8. The molecular weight excluding hydrogens is 569 g/mol. The first-order valence-corrected chi connectivity index (χ1v) is 13.9. The van der Waals surface area contributed by atoms with Crippen molar-refractivity contribution in [2.75, 3.05) is 19.8 Å². The minimum Gasteiger partial charge on any atom is -0.388 e. The molecule has 0 aliphatic rings. The maximum Gasteiger partial charge on any atom is 0.419 e. The summed E-state index contributed by atoms with van der Waals surface area (Å²) in [7, 11) is 0. The van der Waals surface area contributed by atoms with Gasteiger partial charge >= 0.3 is 11.9 Å². The van der Waals surface area contributed by atoms with Gasteiger partial charge in [-0.25, -0.2) is 13.6 Å². The molecule has 1 unspecified atom stereocenters. The molecule has 2 aromatic carbocycles. The van der Waals surface area contributed by atoms with Gasteiger partial charge in [0.25, 0.3) is 0 Å². The van der Waals surface area contributed by atoms with Crippen LogP contribution in [-0.4, -0.2) is 46.2 Å². The number of aliphatic imine (C=N–C) groups is 1. The fourth-order valence-electron chi connectivity index (χ4n) is 4.67. The van der Waals surface area contributed by atoms with E-state index in [1.54, 1.807) is 19.1 Å². The largest absolute Gasteiger partial charge is 0.419 e. The van der Waals surface area contributed by atoms with Crippen LogP contribution in [0.2, 0.25) is 0 Å². The van der Waals surface area contributed by atoms with E-state index in [1.165, 1.54) is 22.9 Å². The highest BCUT2D eigenvalue weighted by atomic mass is 19.4. The molecule has 0 bridgehead atoms. The highest BCUT2D eigenvalue weighted by Gasteiger charge is 2.36. The van der Waals surface area contributed by atoms with Crippen molar-refractivity contribution in [2.45, 2.75) is 51.4 Å². The van der Waals surface area contributed by atoms with Gasteiger partial charge in [-0.1, -0.05) is 12.1 Å². The number of benzene rings is 2. The first-order chi connectivity index (χ1) is 20.5. The Balaban J connectivity index is 1.57. The number of nitrogens with zero attached hydrogens (tertiary/aromatic N) is 3. The summed E-state index contributed by atoms with van der Waals surface area (Å²) in [5.41, 5.74) is 10.7. The molecule has 6 N–H and O–H groups in total. The number of aromatic amines is 1. The van der Waals surface area contributed by atoms with Crippen molar-refractivity contribution >= 4 is 16.9 Å². The number of fused-ring (bicyclic) bond motifs is 1. The number of aromatic nitrogens is 3. The minimum absolute atomic E-state index is 0.0405. The van der Waals surface area contributed by atoms with E-state index in [4.69, 9.17) is 11.5 Å². The number of hydrogen-bond acceptors (Lipinski definition) is 5. The monoisotopic (exact) mass is 603 g/mol. The van der Waals surface area contributed by atoms with E-state index in [0.717, 1.165) is 24.6 Å². The maximum absolute atomic E-state index is 15.2. The molecule has 43 heavy (non-hydrogen) atoms. The number of nitrogens with two attached hydrogens (primary N) is 2. The summed E-state index contributed by atoms with van der Waals surface area (Å²) in [5, 5.41) is 3.72. The van der Waals surface area contributed by atoms with Crippen molar-refractivity contribution in [3.63, 3.8) is 0 Å². The van der Waals surface area contributed by atoms with Crippen LogP contribution in [0.4, 0.5) is 22.0 Å². The Morgan fingerprint density at radius 2 is 1.88 bits per heavy atom. The Hall–Kier alpha value is -4.10. The molecule has 0 aliphatic carbocycles. The third kappa shape index (κ3) is 8.26. The van der Waals surface area contributed by atoms with Crippen LogP contribution in [0.5, 0.6) is 0 Å². The molecule has 0 saturated heterocycles. The standard InChI is InChI=1S/C30H34F5N7O/c1-18(36)39-11-3-10-38-16-19-6-8-23(9-7-19)42-17-21-14-26(40-28(21)41-29(42)43)24-12-20(4-2-5-22(37)15-31)13-25(27(24)32)30(33,34)35/h6-9,12-14,17,22,38H,2-5,10-11,15-16,37H2,1H3,(H2,36,39)(H,40,41,43). The molecule has 4 aromatic rings. The highest BCUT2D eigenvalue weighted by molar-refractivity contribution is 5.83. The zero-order valence-corrected chi connectivity index (χ0v) is 23.6. The van der Waals surface area contributed by atoms with Crippen LogP contribution in [0.3, 0.4) is 0 Å². The number of H-pyrrole nitrogens is 1. The molecule has 4 rings (SSSR count). The number of hydrogen-bond donors (Lipinski definition) is 4. The lowest BCUT2D eigenvalue weighted by atomic mass is 9.98. The lowest BCUT2D eigenvalue weighted by Crippen LogP contribution is -2.22. The van der Waals surface area contributed by atoms with Gasteiger partial charge in [-0.15, -0.1) is 0 Å². The molecule has 230 valence electrons. The molecule has 0 saturated carbocycles. The van der Waals surface area contributed by atoms with Gasteiger partial charge in [0.05, 0.1) is 22.8 Å². The van der Waals surface area contributed by atoms with Crippen molar-refractivity contribution in [2.24, 2.45) is 16.5 Å². The van der Waals surface area contributed by atoms with Crippen LogP contribution in [-0.2, 0) is 19.1 Å². The number of alkyl halides is 4. The SMILES string of the molecule is CC(N)=NCCCNCc1ccc(-n2cc3cc(-c4cc(CCCC(N)CF)cc(C(F)(F)F)c4F)[nH]c3nc2=O)cc1. The molecule has 0 amide bonds. The second-order valence-corrected chi connectivity index (χ2v) is 10.4. The molecule has 0 aliphatic heterocycles. The van der Waals surface area contributed by atoms with Crippen LogP contribution in [0.1, 0.15) is 42.9 Å². The molecule has 2 heterocycles. The van der Waals surface area contributed by atoms with Crippen LogP contribution in [0, 0.1) is 5.82 Å². The van der Waals surface area contributed by atoms with Crippen molar-refractivity contribution < 1.29 is 22.0 Å². The normalized spacial score (nSPS) is 13.1. The van der Waals surface area contributed by atoms with Gasteiger partial charge in [0.2, 0.25) is 0 Å². The summed E-state index contributed by atoms with van der Waals surface area (Å²) in [6.07, 6.45) is -1.83. The van der Waals surface area contributed by atoms with E-state index in [-0.39, 0.29) is 35.3 Å². The second-order valence-electron chi connectivity index (χ2n) is 10.4.